The molecule has 1 rings (SSSR count). The van der Waals surface area contributed by atoms with Crippen molar-refractivity contribution in [3.8, 4) is 5.75 Å². The van der Waals surface area contributed by atoms with Crippen LogP contribution < -0.4 is 4.74 Å². The number of hydrogen-bond donors (Lipinski definition) is 0. The van der Waals surface area contributed by atoms with Gasteiger partial charge in [-0.2, -0.15) is 0 Å². The Bertz CT molecular complexity index is 481. The summed E-state index contributed by atoms with van der Waals surface area (Å²) in [6, 6.07) is 5.36. The third kappa shape index (κ3) is 5.45. The van der Waals surface area contributed by atoms with Crippen LogP contribution >= 0.6 is 0 Å². The van der Waals surface area contributed by atoms with Crippen molar-refractivity contribution in [2.75, 3.05) is 12.4 Å². The molecular weight excluding hydrogens is 272 g/mol. The lowest BCUT2D eigenvalue weighted by Crippen LogP contribution is -2.07. The Morgan fingerprint density at radius 2 is 2.05 bits per heavy atom. The largest absolute Gasteiger partial charge is 0.494 e. The Kier molecular flexibility index (Phi) is 6.93. The molecule has 1 aromatic rings. The van der Waals surface area contributed by atoms with E-state index in [4.69, 9.17) is 4.74 Å². The molecule has 0 aliphatic rings. The molecule has 0 bridgehead atoms. The van der Waals surface area contributed by atoms with Crippen molar-refractivity contribution in [1.82, 2.24) is 0 Å². The molecule has 1 atom stereocenters. The van der Waals surface area contributed by atoms with Crippen molar-refractivity contribution in [2.24, 2.45) is 5.92 Å². The summed E-state index contributed by atoms with van der Waals surface area (Å²) in [5.41, 5.74) is 1.51. The fourth-order valence-electron chi connectivity index (χ4n) is 1.82. The van der Waals surface area contributed by atoms with E-state index in [1.165, 1.54) is 6.92 Å². The number of benzene rings is 1. The van der Waals surface area contributed by atoms with Crippen molar-refractivity contribution in [3.05, 3.63) is 29.3 Å². The SMILES string of the molecule is CCOc1ccc(C(C)=O)cc1CS(=O)CCC(C)C. The quantitative estimate of drug-likeness (QED) is 0.689. The van der Waals surface area contributed by atoms with E-state index in [1.807, 2.05) is 6.92 Å². The molecule has 0 aliphatic heterocycles. The zero-order valence-electron chi connectivity index (χ0n) is 12.8. The van der Waals surface area contributed by atoms with Gasteiger partial charge in [0.1, 0.15) is 5.75 Å². The zero-order valence-corrected chi connectivity index (χ0v) is 13.6. The van der Waals surface area contributed by atoms with Crippen LogP contribution in [-0.2, 0) is 16.6 Å². The van der Waals surface area contributed by atoms with Crippen LogP contribution in [-0.4, -0.2) is 22.4 Å². The molecule has 3 nitrogen and oxygen atoms in total. The Labute approximate surface area is 124 Å². The molecule has 0 heterocycles. The van der Waals surface area contributed by atoms with Crippen LogP contribution in [0.3, 0.4) is 0 Å². The zero-order chi connectivity index (χ0) is 15.1. The first kappa shape index (κ1) is 16.9. The van der Waals surface area contributed by atoms with E-state index >= 15 is 0 Å². The van der Waals surface area contributed by atoms with Gasteiger partial charge in [-0.3, -0.25) is 9.00 Å². The van der Waals surface area contributed by atoms with Crippen LogP contribution in [0.1, 0.15) is 50.0 Å². The van der Waals surface area contributed by atoms with Crippen molar-refractivity contribution in [1.29, 1.82) is 0 Å². The first-order valence-electron chi connectivity index (χ1n) is 7.05. The van der Waals surface area contributed by atoms with Gasteiger partial charge in [0.2, 0.25) is 0 Å². The van der Waals surface area contributed by atoms with Gasteiger partial charge in [0.05, 0.1) is 12.4 Å². The molecule has 0 saturated heterocycles. The van der Waals surface area contributed by atoms with Gasteiger partial charge in [0.15, 0.2) is 5.78 Å². The molecule has 20 heavy (non-hydrogen) atoms. The van der Waals surface area contributed by atoms with Crippen LogP contribution in [0.25, 0.3) is 0 Å². The lowest BCUT2D eigenvalue weighted by Gasteiger charge is -2.12. The van der Waals surface area contributed by atoms with E-state index < -0.39 is 10.8 Å². The number of ketones is 1. The van der Waals surface area contributed by atoms with E-state index in [2.05, 4.69) is 13.8 Å². The summed E-state index contributed by atoms with van der Waals surface area (Å²) in [4.78, 5) is 11.5. The molecule has 1 unspecified atom stereocenters. The van der Waals surface area contributed by atoms with Gasteiger partial charge in [-0.05, 0) is 44.4 Å². The molecule has 0 fully saturated rings. The molecule has 0 radical (unpaired) electrons. The van der Waals surface area contributed by atoms with Gasteiger partial charge in [0, 0.05) is 27.7 Å². The maximum absolute atomic E-state index is 12.1. The summed E-state index contributed by atoms with van der Waals surface area (Å²) in [5, 5.41) is 0. The molecule has 4 heteroatoms. The Morgan fingerprint density at radius 1 is 1.35 bits per heavy atom. The summed E-state index contributed by atoms with van der Waals surface area (Å²) in [5.74, 6) is 2.43. The normalized spacial score (nSPS) is 12.4. The first-order valence-corrected chi connectivity index (χ1v) is 8.54. The van der Waals surface area contributed by atoms with Crippen LogP contribution in [0.15, 0.2) is 18.2 Å². The second-order valence-electron chi connectivity index (χ2n) is 5.28. The molecular formula is C16H24O3S. The van der Waals surface area contributed by atoms with Crippen LogP contribution in [0.4, 0.5) is 0 Å². The van der Waals surface area contributed by atoms with E-state index in [0.717, 1.165) is 17.7 Å². The fourth-order valence-corrected chi connectivity index (χ4v) is 3.27. The third-order valence-corrected chi connectivity index (χ3v) is 4.33. The highest BCUT2D eigenvalue weighted by Crippen LogP contribution is 2.22. The van der Waals surface area contributed by atoms with Gasteiger partial charge in [-0.15, -0.1) is 0 Å². The highest BCUT2D eigenvalue weighted by molar-refractivity contribution is 7.84. The number of Topliss-reactive ketones (excluding diaryl/α,β-unsaturated/α-hetero) is 1. The lowest BCUT2D eigenvalue weighted by atomic mass is 10.1. The van der Waals surface area contributed by atoms with Crippen LogP contribution in [0.2, 0.25) is 0 Å². The van der Waals surface area contributed by atoms with E-state index in [-0.39, 0.29) is 5.78 Å². The van der Waals surface area contributed by atoms with Gasteiger partial charge in [0.25, 0.3) is 0 Å². The Hall–Kier alpha value is -1.16. The van der Waals surface area contributed by atoms with Crippen molar-refractivity contribution in [2.45, 2.75) is 39.9 Å². The number of carbonyl (C=O) groups is 1. The topological polar surface area (TPSA) is 43.4 Å². The minimum atomic E-state index is -0.918. The number of hydrogen-bond acceptors (Lipinski definition) is 3. The predicted molar refractivity (Wildman–Crippen MR) is 83.8 cm³/mol. The van der Waals surface area contributed by atoms with Crippen LogP contribution in [0.5, 0.6) is 5.75 Å². The van der Waals surface area contributed by atoms with Crippen molar-refractivity contribution >= 4 is 16.6 Å². The third-order valence-electron chi connectivity index (χ3n) is 3.01. The molecule has 112 valence electrons. The fraction of sp³-hybridized carbons (Fsp3) is 0.562. The minimum Gasteiger partial charge on any atom is -0.494 e. The summed E-state index contributed by atoms with van der Waals surface area (Å²) in [6.07, 6.45) is 0.947. The average molecular weight is 296 g/mol. The van der Waals surface area contributed by atoms with E-state index in [9.17, 15) is 9.00 Å². The number of ether oxygens (including phenoxy) is 1. The van der Waals surface area contributed by atoms with E-state index in [0.29, 0.717) is 29.6 Å². The van der Waals surface area contributed by atoms with Gasteiger partial charge in [-0.25, -0.2) is 0 Å². The van der Waals surface area contributed by atoms with Crippen molar-refractivity contribution < 1.29 is 13.7 Å². The van der Waals surface area contributed by atoms with Gasteiger partial charge in [-0.1, -0.05) is 13.8 Å². The maximum Gasteiger partial charge on any atom is 0.159 e. The summed E-state index contributed by atoms with van der Waals surface area (Å²) in [7, 11) is -0.918. The number of rotatable bonds is 8. The summed E-state index contributed by atoms with van der Waals surface area (Å²) in [6.45, 7) is 8.26. The highest BCUT2D eigenvalue weighted by Gasteiger charge is 2.11. The van der Waals surface area contributed by atoms with E-state index in [1.54, 1.807) is 18.2 Å². The standard InChI is InChI=1S/C16H24O3S/c1-5-19-16-7-6-14(13(4)17)10-15(16)11-20(18)9-8-12(2)3/h6-7,10,12H,5,8-9,11H2,1-4H3. The lowest BCUT2D eigenvalue weighted by molar-refractivity contribution is 0.101. The molecule has 0 aromatic heterocycles. The molecule has 0 N–H and O–H groups in total. The van der Waals surface area contributed by atoms with Crippen LogP contribution in [0, 0.1) is 5.92 Å². The second-order valence-corrected chi connectivity index (χ2v) is 6.86. The van der Waals surface area contributed by atoms with Crippen molar-refractivity contribution in [3.63, 3.8) is 0 Å². The maximum atomic E-state index is 12.1. The van der Waals surface area contributed by atoms with Gasteiger partial charge < -0.3 is 4.74 Å². The van der Waals surface area contributed by atoms with Gasteiger partial charge >= 0.3 is 0 Å². The molecule has 0 saturated carbocycles. The second kappa shape index (κ2) is 8.20. The molecule has 1 aromatic carbocycles. The predicted octanol–water partition coefficient (Wildman–Crippen LogP) is 3.58. The molecule has 0 aliphatic carbocycles. The first-order chi connectivity index (χ1) is 9.43. The minimum absolute atomic E-state index is 0.0160. The highest BCUT2D eigenvalue weighted by atomic mass is 32.2. The molecule has 0 amide bonds. The molecule has 0 spiro atoms. The average Bonchev–Trinajstić information content (AvgIpc) is 2.38. The Morgan fingerprint density at radius 3 is 2.60 bits per heavy atom. The monoisotopic (exact) mass is 296 g/mol. The number of carbonyl (C=O) groups excluding carboxylic acids is 1. The summed E-state index contributed by atoms with van der Waals surface area (Å²) >= 11 is 0. The summed E-state index contributed by atoms with van der Waals surface area (Å²) < 4.78 is 17.7. The Balaban J connectivity index is 2.86. The smallest absolute Gasteiger partial charge is 0.159 e.